The third kappa shape index (κ3) is 4.76. The van der Waals surface area contributed by atoms with Crippen molar-refractivity contribution in [2.75, 3.05) is 37.6 Å². The van der Waals surface area contributed by atoms with E-state index in [-0.39, 0.29) is 6.61 Å². The van der Waals surface area contributed by atoms with E-state index >= 15 is 0 Å². The van der Waals surface area contributed by atoms with Crippen LogP contribution in [0.15, 0.2) is 42.7 Å². The fourth-order valence-electron chi connectivity index (χ4n) is 3.17. The Labute approximate surface area is 144 Å². The van der Waals surface area contributed by atoms with Gasteiger partial charge in [-0.25, -0.2) is 4.98 Å². The van der Waals surface area contributed by atoms with Gasteiger partial charge in [0.25, 0.3) is 0 Å². The van der Waals surface area contributed by atoms with Crippen molar-refractivity contribution in [3.8, 4) is 0 Å². The summed E-state index contributed by atoms with van der Waals surface area (Å²) in [6, 6.07) is 10.7. The molecular weight excluding hydrogens is 300 g/mol. The molecule has 0 amide bonds. The molecule has 2 aromatic rings. The molecule has 128 valence electrons. The van der Waals surface area contributed by atoms with E-state index in [0.29, 0.717) is 5.69 Å². The molecule has 3 rings (SSSR count). The molecule has 5 nitrogen and oxygen atoms in total. The summed E-state index contributed by atoms with van der Waals surface area (Å²) in [4.78, 5) is 13.5. The summed E-state index contributed by atoms with van der Waals surface area (Å²) >= 11 is 0. The average Bonchev–Trinajstić information content (AvgIpc) is 2.88. The van der Waals surface area contributed by atoms with Crippen molar-refractivity contribution in [3.63, 3.8) is 0 Å². The minimum atomic E-state index is -0.0531. The zero-order chi connectivity index (χ0) is 16.6. The Morgan fingerprint density at radius 2 is 1.83 bits per heavy atom. The number of hydrogen-bond acceptors (Lipinski definition) is 5. The smallest absolute Gasteiger partial charge is 0.147 e. The second-order valence-electron chi connectivity index (χ2n) is 6.30. The zero-order valence-electron chi connectivity index (χ0n) is 14.1. The summed E-state index contributed by atoms with van der Waals surface area (Å²) in [5, 5.41) is 9.06. The maximum Gasteiger partial charge on any atom is 0.147 e. The SMILES string of the molecule is OCc1cnc(N2CCCN(CCCc3ccccc3)CC2)cn1. The number of nitrogens with zero attached hydrogens (tertiary/aromatic N) is 4. The third-order valence-corrected chi connectivity index (χ3v) is 4.55. The normalized spacial score (nSPS) is 16.1. The zero-order valence-corrected chi connectivity index (χ0v) is 14.1. The van der Waals surface area contributed by atoms with Gasteiger partial charge in [0.2, 0.25) is 0 Å². The maximum absolute atomic E-state index is 9.06. The molecule has 1 aromatic heterocycles. The van der Waals surface area contributed by atoms with Crippen LogP contribution in [0.5, 0.6) is 0 Å². The number of hydrogen-bond donors (Lipinski definition) is 1. The highest BCUT2D eigenvalue weighted by atomic mass is 16.3. The summed E-state index contributed by atoms with van der Waals surface area (Å²) in [6.45, 7) is 5.31. The summed E-state index contributed by atoms with van der Waals surface area (Å²) in [5.74, 6) is 0.915. The van der Waals surface area contributed by atoms with Crippen molar-refractivity contribution in [2.24, 2.45) is 0 Å². The van der Waals surface area contributed by atoms with E-state index in [4.69, 9.17) is 5.11 Å². The monoisotopic (exact) mass is 326 g/mol. The third-order valence-electron chi connectivity index (χ3n) is 4.55. The first-order valence-electron chi connectivity index (χ1n) is 8.78. The number of aliphatic hydroxyl groups is 1. The van der Waals surface area contributed by atoms with Gasteiger partial charge in [0.05, 0.1) is 24.7 Å². The molecule has 1 fully saturated rings. The summed E-state index contributed by atoms with van der Waals surface area (Å²) in [5.41, 5.74) is 2.05. The highest BCUT2D eigenvalue weighted by Gasteiger charge is 2.16. The average molecular weight is 326 g/mol. The number of aliphatic hydroxyl groups excluding tert-OH is 1. The van der Waals surface area contributed by atoms with E-state index in [1.807, 2.05) is 0 Å². The number of anilines is 1. The van der Waals surface area contributed by atoms with Crippen molar-refractivity contribution in [1.29, 1.82) is 0 Å². The molecule has 0 unspecified atom stereocenters. The Bertz CT molecular complexity index is 603. The lowest BCUT2D eigenvalue weighted by molar-refractivity contribution is 0.276. The lowest BCUT2D eigenvalue weighted by Crippen LogP contribution is -2.32. The van der Waals surface area contributed by atoms with Crippen LogP contribution in [0.3, 0.4) is 0 Å². The second-order valence-corrected chi connectivity index (χ2v) is 6.30. The summed E-state index contributed by atoms with van der Waals surface area (Å²) in [7, 11) is 0. The van der Waals surface area contributed by atoms with Crippen LogP contribution in [0.4, 0.5) is 5.82 Å². The molecule has 0 bridgehead atoms. The van der Waals surface area contributed by atoms with Crippen molar-refractivity contribution < 1.29 is 5.11 Å². The van der Waals surface area contributed by atoms with Crippen LogP contribution >= 0.6 is 0 Å². The number of rotatable bonds is 6. The van der Waals surface area contributed by atoms with Crippen LogP contribution in [0.25, 0.3) is 0 Å². The molecule has 5 heteroatoms. The first-order chi connectivity index (χ1) is 11.8. The van der Waals surface area contributed by atoms with E-state index in [9.17, 15) is 0 Å². The van der Waals surface area contributed by atoms with Gasteiger partial charge in [-0.2, -0.15) is 0 Å². The van der Waals surface area contributed by atoms with Gasteiger partial charge >= 0.3 is 0 Å². The lowest BCUT2D eigenvalue weighted by atomic mass is 10.1. The van der Waals surface area contributed by atoms with Gasteiger partial charge in [-0.05, 0) is 37.9 Å². The molecule has 0 saturated carbocycles. The van der Waals surface area contributed by atoms with Gasteiger partial charge in [-0.3, -0.25) is 4.98 Å². The molecular formula is C19H26N4O. The Hall–Kier alpha value is -1.98. The minimum absolute atomic E-state index is 0.0531. The molecule has 2 heterocycles. The first-order valence-corrected chi connectivity index (χ1v) is 8.78. The van der Waals surface area contributed by atoms with Gasteiger partial charge in [-0.1, -0.05) is 30.3 Å². The molecule has 1 N–H and O–H groups in total. The first kappa shape index (κ1) is 16.9. The summed E-state index contributed by atoms with van der Waals surface area (Å²) < 4.78 is 0. The Morgan fingerprint density at radius 3 is 2.58 bits per heavy atom. The number of aromatic nitrogens is 2. The maximum atomic E-state index is 9.06. The molecule has 1 aromatic carbocycles. The molecule has 1 aliphatic rings. The molecule has 0 atom stereocenters. The minimum Gasteiger partial charge on any atom is -0.390 e. The van der Waals surface area contributed by atoms with Crippen molar-refractivity contribution in [3.05, 3.63) is 54.0 Å². The predicted molar refractivity (Wildman–Crippen MR) is 96.0 cm³/mol. The van der Waals surface area contributed by atoms with Crippen LogP contribution in [0.2, 0.25) is 0 Å². The topological polar surface area (TPSA) is 52.5 Å². The van der Waals surface area contributed by atoms with E-state index in [2.05, 4.69) is 50.1 Å². The van der Waals surface area contributed by atoms with Crippen LogP contribution in [0, 0.1) is 0 Å². The van der Waals surface area contributed by atoms with Crippen LogP contribution in [0.1, 0.15) is 24.1 Å². The van der Waals surface area contributed by atoms with Gasteiger partial charge in [0.1, 0.15) is 5.82 Å². The van der Waals surface area contributed by atoms with Crippen LogP contribution < -0.4 is 4.90 Å². The molecule has 0 spiro atoms. The van der Waals surface area contributed by atoms with E-state index in [0.717, 1.165) is 51.4 Å². The largest absolute Gasteiger partial charge is 0.390 e. The Kier molecular flexibility index (Phi) is 6.15. The summed E-state index contributed by atoms with van der Waals surface area (Å²) in [6.07, 6.45) is 6.94. The van der Waals surface area contributed by atoms with Crippen LogP contribution in [-0.4, -0.2) is 52.7 Å². The van der Waals surface area contributed by atoms with Crippen molar-refractivity contribution >= 4 is 5.82 Å². The van der Waals surface area contributed by atoms with E-state index in [1.165, 1.54) is 12.0 Å². The molecule has 0 radical (unpaired) electrons. The molecule has 0 aliphatic carbocycles. The van der Waals surface area contributed by atoms with Crippen LogP contribution in [-0.2, 0) is 13.0 Å². The molecule has 1 aliphatic heterocycles. The van der Waals surface area contributed by atoms with Gasteiger partial charge < -0.3 is 14.9 Å². The quantitative estimate of drug-likeness (QED) is 0.881. The highest BCUT2D eigenvalue weighted by molar-refractivity contribution is 5.35. The second kappa shape index (κ2) is 8.76. The fourth-order valence-corrected chi connectivity index (χ4v) is 3.17. The van der Waals surface area contributed by atoms with E-state index in [1.54, 1.807) is 12.4 Å². The van der Waals surface area contributed by atoms with Gasteiger partial charge in [0, 0.05) is 19.6 Å². The molecule has 1 saturated heterocycles. The van der Waals surface area contributed by atoms with Crippen molar-refractivity contribution in [1.82, 2.24) is 14.9 Å². The molecule has 24 heavy (non-hydrogen) atoms. The number of aryl methyl sites for hydroxylation is 1. The van der Waals surface area contributed by atoms with Gasteiger partial charge in [0.15, 0.2) is 0 Å². The Morgan fingerprint density at radius 1 is 0.958 bits per heavy atom. The van der Waals surface area contributed by atoms with E-state index < -0.39 is 0 Å². The van der Waals surface area contributed by atoms with Crippen molar-refractivity contribution in [2.45, 2.75) is 25.9 Å². The lowest BCUT2D eigenvalue weighted by Gasteiger charge is -2.22. The Balaban J connectivity index is 1.46. The van der Waals surface area contributed by atoms with Gasteiger partial charge in [-0.15, -0.1) is 0 Å². The fraction of sp³-hybridized carbons (Fsp3) is 0.474. The standard InChI is InChI=1S/C19H26N4O/c24-16-18-14-21-19(15-20-18)23-11-5-10-22(12-13-23)9-4-8-17-6-2-1-3-7-17/h1-3,6-7,14-15,24H,4-5,8-13,16H2. The highest BCUT2D eigenvalue weighted by Crippen LogP contribution is 2.13. The number of benzene rings is 1. The predicted octanol–water partition coefficient (Wildman–Crippen LogP) is 2.11.